The van der Waals surface area contributed by atoms with E-state index in [1.165, 1.54) is 0 Å². The van der Waals surface area contributed by atoms with Gasteiger partial charge in [0, 0.05) is 17.6 Å². The molecule has 0 radical (unpaired) electrons. The molecule has 1 aromatic rings. The van der Waals surface area contributed by atoms with Crippen LogP contribution in [0.1, 0.15) is 43.0 Å². The molecular formula is C17H22BrNO4. The Morgan fingerprint density at radius 3 is 2.65 bits per heavy atom. The first kappa shape index (κ1) is 17.8. The number of carboxylic acids is 1. The SMILES string of the molecule is CCCCOc1ccc(Br)cc1C(=O)N1CCC(C(=O)O)CC1. The fourth-order valence-electron chi connectivity index (χ4n) is 2.62. The number of benzene rings is 1. The van der Waals surface area contributed by atoms with Gasteiger partial charge in [-0.15, -0.1) is 0 Å². The Hall–Kier alpha value is -1.56. The molecule has 0 saturated carbocycles. The van der Waals surface area contributed by atoms with Crippen molar-refractivity contribution >= 4 is 27.8 Å². The zero-order valence-corrected chi connectivity index (χ0v) is 14.8. The molecule has 6 heteroatoms. The van der Waals surface area contributed by atoms with Crippen LogP contribution in [-0.4, -0.2) is 41.6 Å². The first-order valence-corrected chi connectivity index (χ1v) is 8.76. The van der Waals surface area contributed by atoms with Gasteiger partial charge >= 0.3 is 5.97 Å². The lowest BCUT2D eigenvalue weighted by Gasteiger charge is -2.30. The Bertz CT molecular complexity index is 568. The molecule has 1 saturated heterocycles. The highest BCUT2D eigenvalue weighted by atomic mass is 79.9. The minimum Gasteiger partial charge on any atom is -0.493 e. The van der Waals surface area contributed by atoms with Crippen molar-refractivity contribution < 1.29 is 19.4 Å². The zero-order chi connectivity index (χ0) is 16.8. The van der Waals surface area contributed by atoms with E-state index in [2.05, 4.69) is 22.9 Å². The number of aliphatic carboxylic acids is 1. The fourth-order valence-corrected chi connectivity index (χ4v) is 2.98. The summed E-state index contributed by atoms with van der Waals surface area (Å²) < 4.78 is 6.56. The van der Waals surface area contributed by atoms with Gasteiger partial charge in [-0.05, 0) is 37.5 Å². The first-order chi connectivity index (χ1) is 11.0. The number of rotatable bonds is 6. The molecular weight excluding hydrogens is 362 g/mol. The van der Waals surface area contributed by atoms with Crippen LogP contribution in [0.2, 0.25) is 0 Å². The van der Waals surface area contributed by atoms with Crippen LogP contribution < -0.4 is 4.74 Å². The van der Waals surface area contributed by atoms with Crippen molar-refractivity contribution in [3.05, 3.63) is 28.2 Å². The lowest BCUT2D eigenvalue weighted by Crippen LogP contribution is -2.40. The molecule has 0 aliphatic carbocycles. The smallest absolute Gasteiger partial charge is 0.306 e. The largest absolute Gasteiger partial charge is 0.493 e. The molecule has 1 fully saturated rings. The standard InChI is InChI=1S/C17H22BrNO4/c1-2-3-10-23-15-5-4-13(18)11-14(15)16(20)19-8-6-12(7-9-19)17(21)22/h4-5,11-12H,2-3,6-10H2,1H3,(H,21,22). The second-order valence-electron chi connectivity index (χ2n) is 5.75. The van der Waals surface area contributed by atoms with E-state index in [-0.39, 0.29) is 11.8 Å². The van der Waals surface area contributed by atoms with Crippen LogP contribution in [0.15, 0.2) is 22.7 Å². The molecule has 0 atom stereocenters. The Kier molecular flexibility index (Phi) is 6.45. The van der Waals surface area contributed by atoms with Gasteiger partial charge in [-0.3, -0.25) is 9.59 Å². The van der Waals surface area contributed by atoms with Gasteiger partial charge in [-0.2, -0.15) is 0 Å². The van der Waals surface area contributed by atoms with E-state index in [1.807, 2.05) is 6.07 Å². The van der Waals surface area contributed by atoms with E-state index in [0.29, 0.717) is 43.9 Å². The number of carboxylic acid groups (broad SMARTS) is 1. The molecule has 126 valence electrons. The molecule has 1 heterocycles. The molecule has 1 aliphatic rings. The average Bonchev–Trinajstić information content (AvgIpc) is 2.55. The Morgan fingerprint density at radius 1 is 1.35 bits per heavy atom. The highest BCUT2D eigenvalue weighted by Gasteiger charge is 2.28. The van der Waals surface area contributed by atoms with Gasteiger partial charge in [0.2, 0.25) is 0 Å². The topological polar surface area (TPSA) is 66.8 Å². The van der Waals surface area contributed by atoms with Crippen molar-refractivity contribution in [3.63, 3.8) is 0 Å². The molecule has 1 N–H and O–H groups in total. The maximum atomic E-state index is 12.8. The number of amides is 1. The zero-order valence-electron chi connectivity index (χ0n) is 13.3. The van der Waals surface area contributed by atoms with Crippen LogP contribution in [0.3, 0.4) is 0 Å². The highest BCUT2D eigenvalue weighted by molar-refractivity contribution is 9.10. The summed E-state index contributed by atoms with van der Waals surface area (Å²) in [7, 11) is 0. The van der Waals surface area contributed by atoms with Gasteiger partial charge in [0.25, 0.3) is 5.91 Å². The van der Waals surface area contributed by atoms with Crippen LogP contribution in [0.4, 0.5) is 0 Å². The summed E-state index contributed by atoms with van der Waals surface area (Å²) in [6.45, 7) is 3.61. The molecule has 1 amide bonds. The second kappa shape index (κ2) is 8.34. The molecule has 23 heavy (non-hydrogen) atoms. The number of likely N-dealkylation sites (tertiary alicyclic amines) is 1. The Morgan fingerprint density at radius 2 is 2.04 bits per heavy atom. The third kappa shape index (κ3) is 4.70. The number of hydrogen-bond donors (Lipinski definition) is 1. The van der Waals surface area contributed by atoms with E-state index < -0.39 is 5.97 Å². The summed E-state index contributed by atoms with van der Waals surface area (Å²) >= 11 is 3.40. The predicted octanol–water partition coefficient (Wildman–Crippen LogP) is 3.56. The number of piperidine rings is 1. The number of nitrogens with zero attached hydrogens (tertiary/aromatic N) is 1. The van der Waals surface area contributed by atoms with Gasteiger partial charge in [-0.1, -0.05) is 29.3 Å². The van der Waals surface area contributed by atoms with Gasteiger partial charge in [0.05, 0.1) is 18.1 Å². The Labute approximate surface area is 144 Å². The van der Waals surface area contributed by atoms with Gasteiger partial charge < -0.3 is 14.7 Å². The summed E-state index contributed by atoms with van der Waals surface area (Å²) in [5.41, 5.74) is 0.532. The van der Waals surface area contributed by atoms with Crippen molar-refractivity contribution in [1.29, 1.82) is 0 Å². The van der Waals surface area contributed by atoms with Gasteiger partial charge in [-0.25, -0.2) is 0 Å². The third-order valence-electron chi connectivity index (χ3n) is 4.06. The normalized spacial score (nSPS) is 15.5. The maximum absolute atomic E-state index is 12.8. The number of hydrogen-bond acceptors (Lipinski definition) is 3. The van der Waals surface area contributed by atoms with Crippen LogP contribution >= 0.6 is 15.9 Å². The van der Waals surface area contributed by atoms with Crippen LogP contribution in [-0.2, 0) is 4.79 Å². The molecule has 0 unspecified atom stereocenters. The number of unbranched alkanes of at least 4 members (excludes halogenated alkanes) is 1. The van der Waals surface area contributed by atoms with Crippen LogP contribution in [0.25, 0.3) is 0 Å². The minimum atomic E-state index is -0.775. The quantitative estimate of drug-likeness (QED) is 0.762. The maximum Gasteiger partial charge on any atom is 0.306 e. The lowest BCUT2D eigenvalue weighted by atomic mass is 9.96. The van der Waals surface area contributed by atoms with Crippen molar-refractivity contribution in [1.82, 2.24) is 4.90 Å². The van der Waals surface area contributed by atoms with E-state index in [9.17, 15) is 9.59 Å². The van der Waals surface area contributed by atoms with Crippen LogP contribution in [0.5, 0.6) is 5.75 Å². The average molecular weight is 384 g/mol. The molecule has 0 aromatic heterocycles. The fraction of sp³-hybridized carbons (Fsp3) is 0.529. The van der Waals surface area contributed by atoms with E-state index in [4.69, 9.17) is 9.84 Å². The van der Waals surface area contributed by atoms with E-state index in [0.717, 1.165) is 17.3 Å². The Balaban J connectivity index is 2.09. The summed E-state index contributed by atoms with van der Waals surface area (Å²) in [6.07, 6.45) is 2.97. The molecule has 0 bridgehead atoms. The minimum absolute atomic E-state index is 0.0957. The van der Waals surface area contributed by atoms with Gasteiger partial charge in [0.15, 0.2) is 0 Å². The summed E-state index contributed by atoms with van der Waals surface area (Å²) in [5.74, 6) is -0.626. The predicted molar refractivity (Wildman–Crippen MR) is 90.8 cm³/mol. The molecule has 1 aliphatic heterocycles. The van der Waals surface area contributed by atoms with E-state index in [1.54, 1.807) is 17.0 Å². The molecule has 5 nitrogen and oxygen atoms in total. The summed E-state index contributed by atoms with van der Waals surface area (Å²) in [6, 6.07) is 5.43. The number of carbonyl (C=O) groups is 2. The third-order valence-corrected chi connectivity index (χ3v) is 4.55. The summed E-state index contributed by atoms with van der Waals surface area (Å²) in [4.78, 5) is 25.5. The highest BCUT2D eigenvalue weighted by Crippen LogP contribution is 2.27. The van der Waals surface area contributed by atoms with Crippen LogP contribution in [0, 0.1) is 5.92 Å². The molecule has 0 spiro atoms. The number of halogens is 1. The van der Waals surface area contributed by atoms with Crippen molar-refractivity contribution in [2.75, 3.05) is 19.7 Å². The second-order valence-corrected chi connectivity index (χ2v) is 6.66. The van der Waals surface area contributed by atoms with Gasteiger partial charge in [0.1, 0.15) is 5.75 Å². The monoisotopic (exact) mass is 383 g/mol. The van der Waals surface area contributed by atoms with Crippen molar-refractivity contribution in [2.45, 2.75) is 32.6 Å². The number of ether oxygens (including phenoxy) is 1. The first-order valence-electron chi connectivity index (χ1n) is 7.97. The summed E-state index contributed by atoms with van der Waals surface area (Å²) in [5, 5.41) is 9.05. The van der Waals surface area contributed by atoms with Crippen molar-refractivity contribution in [2.24, 2.45) is 5.92 Å². The van der Waals surface area contributed by atoms with E-state index >= 15 is 0 Å². The molecule has 1 aromatic carbocycles. The van der Waals surface area contributed by atoms with Crippen molar-refractivity contribution in [3.8, 4) is 5.75 Å². The lowest BCUT2D eigenvalue weighted by molar-refractivity contribution is -0.143. The molecule has 2 rings (SSSR count). The number of carbonyl (C=O) groups excluding carboxylic acids is 1.